The van der Waals surface area contributed by atoms with Gasteiger partial charge in [-0.15, -0.1) is 0 Å². The summed E-state index contributed by atoms with van der Waals surface area (Å²) in [6.45, 7) is 4.26. The number of rotatable bonds is 8. The number of pyridine rings is 1. The number of nitrogens with one attached hydrogen (secondary N) is 2. The monoisotopic (exact) mass is 409 g/mol. The molecule has 8 nitrogen and oxygen atoms in total. The van der Waals surface area contributed by atoms with Gasteiger partial charge in [0.15, 0.2) is 5.69 Å². The van der Waals surface area contributed by atoms with Gasteiger partial charge < -0.3 is 20.5 Å². The number of hydrogen-bond donors (Lipinski definition) is 3. The number of aromatic nitrogens is 1. The first kappa shape index (κ1) is 21.0. The van der Waals surface area contributed by atoms with E-state index in [0.29, 0.717) is 29.3 Å². The Kier molecular flexibility index (Phi) is 6.15. The predicted octanol–water partition coefficient (Wildman–Crippen LogP) is 2.60. The minimum Gasteiger partial charge on any atom is -0.496 e. The van der Waals surface area contributed by atoms with Crippen LogP contribution in [0, 0.1) is 5.92 Å². The van der Waals surface area contributed by atoms with Gasteiger partial charge in [0.25, 0.3) is 11.8 Å². The van der Waals surface area contributed by atoms with E-state index in [1.807, 2.05) is 0 Å². The first-order valence-electron chi connectivity index (χ1n) is 9.49. The van der Waals surface area contributed by atoms with E-state index in [-0.39, 0.29) is 22.5 Å². The number of hydrogen-bond acceptors (Lipinski definition) is 5. The van der Waals surface area contributed by atoms with E-state index in [0.717, 1.165) is 12.8 Å². The highest BCUT2D eigenvalue weighted by molar-refractivity contribution is 6.05. The number of nitrogens with zero attached hydrogens (tertiary/aromatic N) is 1. The van der Waals surface area contributed by atoms with Crippen LogP contribution in [0.3, 0.4) is 0 Å². The molecule has 0 unspecified atom stereocenters. The maximum Gasteiger partial charge on any atom is 0.355 e. The van der Waals surface area contributed by atoms with Gasteiger partial charge in [-0.1, -0.05) is 12.7 Å². The number of benzene rings is 1. The molecule has 3 N–H and O–H groups in total. The largest absolute Gasteiger partial charge is 0.496 e. The topological polar surface area (TPSA) is 118 Å². The van der Waals surface area contributed by atoms with Crippen molar-refractivity contribution in [3.63, 3.8) is 0 Å². The average Bonchev–Trinajstić information content (AvgIpc) is 3.60. The third-order valence-electron chi connectivity index (χ3n) is 4.93. The van der Waals surface area contributed by atoms with Gasteiger partial charge in [0.05, 0.1) is 7.11 Å². The number of methoxy groups -OCH3 is 1. The molecule has 1 heterocycles. The minimum absolute atomic E-state index is 0.00738. The quantitative estimate of drug-likeness (QED) is 0.617. The van der Waals surface area contributed by atoms with Crippen LogP contribution in [0.5, 0.6) is 5.75 Å². The first-order valence-corrected chi connectivity index (χ1v) is 9.49. The number of carbonyl (C=O) groups excluding carboxylic acids is 2. The molecule has 1 fully saturated rings. The lowest BCUT2D eigenvalue weighted by Crippen LogP contribution is -2.27. The fourth-order valence-electron chi connectivity index (χ4n) is 3.09. The maximum atomic E-state index is 12.5. The van der Waals surface area contributed by atoms with E-state index in [1.165, 1.54) is 26.3 Å². The van der Waals surface area contributed by atoms with Crippen LogP contribution in [0.2, 0.25) is 0 Å². The Morgan fingerprint density at radius 3 is 2.53 bits per heavy atom. The minimum atomic E-state index is -1.31. The van der Waals surface area contributed by atoms with Crippen molar-refractivity contribution in [2.75, 3.05) is 20.7 Å². The van der Waals surface area contributed by atoms with Gasteiger partial charge >= 0.3 is 5.97 Å². The van der Waals surface area contributed by atoms with Crippen LogP contribution >= 0.6 is 0 Å². The van der Waals surface area contributed by atoms with E-state index >= 15 is 0 Å². The third-order valence-corrected chi connectivity index (χ3v) is 4.93. The fraction of sp³-hybridized carbons (Fsp3) is 0.273. The Morgan fingerprint density at radius 2 is 1.97 bits per heavy atom. The number of carbonyl (C=O) groups is 3. The fourth-order valence-corrected chi connectivity index (χ4v) is 3.09. The molecular formula is C22H23N3O5. The number of ether oxygens (including phenoxy) is 1. The Morgan fingerprint density at radius 1 is 1.23 bits per heavy atom. The van der Waals surface area contributed by atoms with E-state index in [4.69, 9.17) is 4.74 Å². The second-order valence-electron chi connectivity index (χ2n) is 6.97. The summed E-state index contributed by atoms with van der Waals surface area (Å²) in [7, 11) is 2.95. The molecule has 8 heteroatoms. The van der Waals surface area contributed by atoms with Crippen LogP contribution < -0.4 is 15.4 Å². The summed E-state index contributed by atoms with van der Waals surface area (Å²) in [6.07, 6.45) is 3.70. The molecule has 0 spiro atoms. The van der Waals surface area contributed by atoms with Gasteiger partial charge in [0.2, 0.25) is 0 Å². The molecule has 3 rings (SSSR count). The molecular weight excluding hydrogens is 386 g/mol. The smallest absolute Gasteiger partial charge is 0.355 e. The zero-order valence-electron chi connectivity index (χ0n) is 16.8. The van der Waals surface area contributed by atoms with Crippen LogP contribution in [0.1, 0.15) is 49.7 Å². The van der Waals surface area contributed by atoms with Crippen molar-refractivity contribution >= 4 is 23.9 Å². The van der Waals surface area contributed by atoms with Crippen LogP contribution in [-0.2, 0) is 0 Å². The molecule has 1 aliphatic carbocycles. The molecule has 0 atom stereocenters. The molecule has 1 aliphatic rings. The lowest BCUT2D eigenvalue weighted by Gasteiger charge is -2.15. The van der Waals surface area contributed by atoms with Crippen molar-refractivity contribution in [3.05, 3.63) is 53.4 Å². The van der Waals surface area contributed by atoms with Crippen molar-refractivity contribution in [2.24, 2.45) is 5.92 Å². The lowest BCUT2D eigenvalue weighted by molar-refractivity contribution is 0.0691. The average molecular weight is 409 g/mol. The van der Waals surface area contributed by atoms with Crippen LogP contribution in [-0.4, -0.2) is 48.6 Å². The zero-order chi connectivity index (χ0) is 21.8. The van der Waals surface area contributed by atoms with Crippen LogP contribution in [0.25, 0.3) is 17.2 Å². The highest BCUT2D eigenvalue weighted by Gasteiger charge is 2.25. The van der Waals surface area contributed by atoms with Crippen molar-refractivity contribution in [2.45, 2.75) is 12.8 Å². The number of aromatic carboxylic acids is 1. The summed E-state index contributed by atoms with van der Waals surface area (Å²) < 4.78 is 5.35. The summed E-state index contributed by atoms with van der Waals surface area (Å²) in [5.74, 6) is -1.23. The maximum absolute atomic E-state index is 12.5. The molecule has 2 amide bonds. The second kappa shape index (κ2) is 8.77. The molecule has 0 radical (unpaired) electrons. The van der Waals surface area contributed by atoms with Crippen molar-refractivity contribution < 1.29 is 24.2 Å². The first-order chi connectivity index (χ1) is 14.4. The van der Waals surface area contributed by atoms with E-state index in [9.17, 15) is 19.5 Å². The SMILES string of the molecule is C=Cc1cc(C(=O)NC)c(-c2ccc(C(=O)NCC3CC3)nc2C(=O)O)cc1OC. The third kappa shape index (κ3) is 4.32. The van der Waals surface area contributed by atoms with E-state index in [2.05, 4.69) is 22.2 Å². The molecule has 0 saturated heterocycles. The summed E-state index contributed by atoms with van der Waals surface area (Å²) in [6, 6.07) is 6.07. The Hall–Kier alpha value is -3.68. The summed E-state index contributed by atoms with van der Waals surface area (Å²) in [4.78, 5) is 40.8. The Balaban J connectivity index is 2.11. The molecule has 1 aromatic heterocycles. The summed E-state index contributed by atoms with van der Waals surface area (Å²) in [5.41, 5.74) is 1.03. The van der Waals surface area contributed by atoms with Gasteiger partial charge in [-0.3, -0.25) is 9.59 Å². The second-order valence-corrected chi connectivity index (χ2v) is 6.97. The number of carboxylic acids is 1. The van der Waals surface area contributed by atoms with Crippen LogP contribution in [0.4, 0.5) is 0 Å². The van der Waals surface area contributed by atoms with Crippen molar-refractivity contribution in [3.8, 4) is 16.9 Å². The number of carboxylic acid groups (broad SMARTS) is 1. The molecule has 1 saturated carbocycles. The summed E-state index contributed by atoms with van der Waals surface area (Å²) in [5, 5.41) is 15.0. The molecule has 2 aromatic rings. The standard InChI is InChI=1S/C22H23N3O5/c1-4-13-9-16(20(26)23-2)15(10-18(13)30-3)14-7-8-17(25-19(14)22(28)29)21(27)24-11-12-5-6-12/h4,7-10,12H,1,5-6,11H2,2-3H3,(H,23,26)(H,24,27)(H,28,29). The van der Waals surface area contributed by atoms with E-state index < -0.39 is 17.8 Å². The molecule has 0 bridgehead atoms. The highest BCUT2D eigenvalue weighted by atomic mass is 16.5. The summed E-state index contributed by atoms with van der Waals surface area (Å²) >= 11 is 0. The van der Waals surface area contributed by atoms with Gasteiger partial charge in [0.1, 0.15) is 11.4 Å². The van der Waals surface area contributed by atoms with Crippen molar-refractivity contribution in [1.29, 1.82) is 0 Å². The van der Waals surface area contributed by atoms with Gasteiger partial charge in [-0.25, -0.2) is 9.78 Å². The van der Waals surface area contributed by atoms with Gasteiger partial charge in [-0.2, -0.15) is 0 Å². The molecule has 0 aliphatic heterocycles. The normalized spacial score (nSPS) is 12.7. The highest BCUT2D eigenvalue weighted by Crippen LogP contribution is 2.34. The van der Waals surface area contributed by atoms with E-state index in [1.54, 1.807) is 18.2 Å². The molecule has 156 valence electrons. The number of amides is 2. The lowest BCUT2D eigenvalue weighted by atomic mass is 9.94. The molecule has 1 aromatic carbocycles. The zero-order valence-corrected chi connectivity index (χ0v) is 16.8. The Labute approximate surface area is 174 Å². The predicted molar refractivity (Wildman–Crippen MR) is 112 cm³/mol. The van der Waals surface area contributed by atoms with Crippen LogP contribution in [0.15, 0.2) is 30.8 Å². The van der Waals surface area contributed by atoms with Crippen molar-refractivity contribution in [1.82, 2.24) is 15.6 Å². The molecule has 30 heavy (non-hydrogen) atoms. The Bertz CT molecular complexity index is 1030. The van der Waals surface area contributed by atoms with Gasteiger partial charge in [0, 0.05) is 35.8 Å². The van der Waals surface area contributed by atoms with Gasteiger partial charge in [-0.05, 0) is 43.0 Å².